The molecule has 0 saturated carbocycles. The van der Waals surface area contributed by atoms with Crippen LogP contribution >= 0.6 is 0 Å². The van der Waals surface area contributed by atoms with Crippen LogP contribution in [0.15, 0.2) is 24.3 Å². The summed E-state index contributed by atoms with van der Waals surface area (Å²) in [6, 6.07) is 0. The van der Waals surface area contributed by atoms with Gasteiger partial charge in [-0.1, -0.05) is 25.2 Å². The Morgan fingerprint density at radius 1 is 1.22 bits per heavy atom. The highest BCUT2D eigenvalue weighted by molar-refractivity contribution is 5.94. The number of unbranched alkanes of at least 4 members (excludes halogenated alkanes) is 1. The summed E-state index contributed by atoms with van der Waals surface area (Å²) >= 11 is 0. The van der Waals surface area contributed by atoms with Crippen LogP contribution in [0.4, 0.5) is 8.78 Å². The Hall–Kier alpha value is -1.85. The molecule has 1 rings (SSSR count). The Morgan fingerprint density at radius 2 is 1.96 bits per heavy atom. The van der Waals surface area contributed by atoms with Crippen molar-refractivity contribution in [1.29, 1.82) is 0 Å². The quantitative estimate of drug-likeness (QED) is 0.259. The number of methoxy groups -OCH3 is 1. The van der Waals surface area contributed by atoms with Gasteiger partial charge in [-0.15, -0.1) is 0 Å². The Balaban J connectivity index is 2.36. The molecule has 152 valence electrons. The summed E-state index contributed by atoms with van der Waals surface area (Å²) in [6.07, 6.45) is 10.2. The van der Waals surface area contributed by atoms with Gasteiger partial charge in [0, 0.05) is 25.2 Å². The summed E-state index contributed by atoms with van der Waals surface area (Å²) < 4.78 is 31.7. The topological polar surface area (TPSA) is 60.4 Å². The summed E-state index contributed by atoms with van der Waals surface area (Å²) in [6.45, 7) is 1.63. The van der Waals surface area contributed by atoms with Crippen LogP contribution in [0.5, 0.6) is 0 Å². The minimum absolute atomic E-state index is 0.00943. The Labute approximate surface area is 160 Å². The number of rotatable bonds is 13. The van der Waals surface area contributed by atoms with Crippen LogP contribution in [0.2, 0.25) is 0 Å². The number of esters is 1. The van der Waals surface area contributed by atoms with E-state index in [-0.39, 0.29) is 36.4 Å². The number of carbonyl (C=O) groups is 3. The molecular formula is C21H30F2O4. The van der Waals surface area contributed by atoms with Gasteiger partial charge in [0.2, 0.25) is 5.78 Å². The van der Waals surface area contributed by atoms with Crippen LogP contribution in [0.25, 0.3) is 0 Å². The highest BCUT2D eigenvalue weighted by Crippen LogP contribution is 2.31. The zero-order chi connectivity index (χ0) is 20.3. The average molecular weight is 384 g/mol. The highest BCUT2D eigenvalue weighted by Gasteiger charge is 2.36. The third-order valence-electron chi connectivity index (χ3n) is 4.84. The van der Waals surface area contributed by atoms with Gasteiger partial charge < -0.3 is 4.74 Å². The van der Waals surface area contributed by atoms with Crippen molar-refractivity contribution >= 4 is 17.5 Å². The Kier molecular flexibility index (Phi) is 10.1. The fourth-order valence-electron chi connectivity index (χ4n) is 3.24. The molecule has 0 bridgehead atoms. The lowest BCUT2D eigenvalue weighted by Gasteiger charge is -2.18. The maximum absolute atomic E-state index is 13.5. The van der Waals surface area contributed by atoms with Crippen molar-refractivity contribution in [2.45, 2.75) is 70.6 Å². The van der Waals surface area contributed by atoms with Crippen LogP contribution in [-0.2, 0) is 19.1 Å². The molecule has 0 fully saturated rings. The standard InChI is InChI=1S/C21H30F2O4/c1-3-15-21(22,23)19(25)11-8-9-16-13-14-18(24)17(16)10-6-4-5-7-12-20(26)27-2/h4,6,13-14,16-17H,3,5,7-12,15H2,1-2H3/b6-4-/t16-,17-/m1/s1. The fraction of sp³-hybridized carbons (Fsp3) is 0.667. The van der Waals surface area contributed by atoms with Gasteiger partial charge in [-0.3, -0.25) is 14.4 Å². The monoisotopic (exact) mass is 384 g/mol. The summed E-state index contributed by atoms with van der Waals surface area (Å²) in [5.41, 5.74) is 0. The first kappa shape index (κ1) is 23.2. The number of hydrogen-bond donors (Lipinski definition) is 0. The lowest BCUT2D eigenvalue weighted by atomic mass is 9.87. The maximum Gasteiger partial charge on any atom is 0.305 e. The van der Waals surface area contributed by atoms with Crippen molar-refractivity contribution in [3.8, 4) is 0 Å². The van der Waals surface area contributed by atoms with E-state index < -0.39 is 18.1 Å². The molecule has 6 heteroatoms. The van der Waals surface area contributed by atoms with E-state index in [4.69, 9.17) is 0 Å². The van der Waals surface area contributed by atoms with Gasteiger partial charge in [0.1, 0.15) is 0 Å². The van der Waals surface area contributed by atoms with E-state index in [0.717, 1.165) is 6.42 Å². The number of Topliss-reactive ketones (excluding diaryl/α,β-unsaturated/α-hetero) is 1. The van der Waals surface area contributed by atoms with E-state index in [0.29, 0.717) is 32.1 Å². The maximum atomic E-state index is 13.5. The van der Waals surface area contributed by atoms with E-state index in [1.165, 1.54) is 7.11 Å². The first-order valence-electron chi connectivity index (χ1n) is 9.66. The molecule has 1 aliphatic carbocycles. The van der Waals surface area contributed by atoms with Gasteiger partial charge in [-0.2, -0.15) is 8.78 Å². The molecule has 0 heterocycles. The second kappa shape index (κ2) is 11.8. The first-order chi connectivity index (χ1) is 12.8. The highest BCUT2D eigenvalue weighted by atomic mass is 19.3. The third kappa shape index (κ3) is 8.14. The van der Waals surface area contributed by atoms with Crippen molar-refractivity contribution in [2.24, 2.45) is 11.8 Å². The van der Waals surface area contributed by atoms with Crippen LogP contribution in [0.3, 0.4) is 0 Å². The molecule has 0 aromatic rings. The number of hydrogen-bond acceptors (Lipinski definition) is 4. The predicted octanol–water partition coefficient (Wildman–Crippen LogP) is 4.82. The van der Waals surface area contributed by atoms with E-state index in [9.17, 15) is 23.2 Å². The molecule has 1 aliphatic rings. The summed E-state index contributed by atoms with van der Waals surface area (Å²) in [7, 11) is 1.36. The third-order valence-corrected chi connectivity index (χ3v) is 4.84. The molecule has 2 atom stereocenters. The molecule has 0 aromatic heterocycles. The van der Waals surface area contributed by atoms with E-state index in [1.807, 2.05) is 18.2 Å². The average Bonchev–Trinajstić information content (AvgIpc) is 2.97. The van der Waals surface area contributed by atoms with Gasteiger partial charge in [0.05, 0.1) is 7.11 Å². The SMILES string of the molecule is CCCC(F)(F)C(=O)CCC[C@@H]1C=CC(=O)[C@@H]1C/C=C\CCCC(=O)OC. The normalized spacial score (nSPS) is 19.8. The zero-order valence-electron chi connectivity index (χ0n) is 16.2. The van der Waals surface area contributed by atoms with Crippen LogP contribution in [0.1, 0.15) is 64.7 Å². The number of ketones is 2. The molecule has 0 aliphatic heterocycles. The minimum Gasteiger partial charge on any atom is -0.469 e. The summed E-state index contributed by atoms with van der Waals surface area (Å²) in [5.74, 6) is -4.63. The second-order valence-corrected chi connectivity index (χ2v) is 6.98. The van der Waals surface area contributed by atoms with Crippen molar-refractivity contribution < 1.29 is 27.9 Å². The number of ether oxygens (including phenoxy) is 1. The van der Waals surface area contributed by atoms with Gasteiger partial charge in [-0.25, -0.2) is 0 Å². The predicted molar refractivity (Wildman–Crippen MR) is 99.5 cm³/mol. The molecule has 0 saturated heterocycles. The Bertz CT molecular complexity index is 567. The van der Waals surface area contributed by atoms with E-state index in [2.05, 4.69) is 4.74 Å². The second-order valence-electron chi connectivity index (χ2n) is 6.98. The molecular weight excluding hydrogens is 354 g/mol. The van der Waals surface area contributed by atoms with Gasteiger partial charge >= 0.3 is 11.9 Å². The lowest BCUT2D eigenvalue weighted by Crippen LogP contribution is -2.28. The summed E-state index contributed by atoms with van der Waals surface area (Å²) in [4.78, 5) is 34.7. The van der Waals surface area contributed by atoms with Crippen LogP contribution in [-0.4, -0.2) is 30.6 Å². The smallest absolute Gasteiger partial charge is 0.305 e. The molecule has 0 radical (unpaired) electrons. The van der Waals surface area contributed by atoms with E-state index >= 15 is 0 Å². The number of halogens is 2. The van der Waals surface area contributed by atoms with Crippen LogP contribution in [0, 0.1) is 11.8 Å². The van der Waals surface area contributed by atoms with Crippen molar-refractivity contribution in [2.75, 3.05) is 7.11 Å². The van der Waals surface area contributed by atoms with Gasteiger partial charge in [0.15, 0.2) is 5.78 Å². The number of allylic oxidation sites excluding steroid dienone is 4. The molecule has 0 amide bonds. The van der Waals surface area contributed by atoms with Crippen molar-refractivity contribution in [1.82, 2.24) is 0 Å². The minimum atomic E-state index is -3.23. The molecule has 0 unspecified atom stereocenters. The number of carbonyl (C=O) groups excluding carboxylic acids is 3. The molecule has 27 heavy (non-hydrogen) atoms. The Morgan fingerprint density at radius 3 is 2.63 bits per heavy atom. The largest absolute Gasteiger partial charge is 0.469 e. The van der Waals surface area contributed by atoms with E-state index in [1.54, 1.807) is 13.0 Å². The summed E-state index contributed by atoms with van der Waals surface area (Å²) in [5, 5.41) is 0. The van der Waals surface area contributed by atoms with Gasteiger partial charge in [-0.05, 0) is 50.5 Å². The van der Waals surface area contributed by atoms with Crippen molar-refractivity contribution in [3.05, 3.63) is 24.3 Å². The first-order valence-corrected chi connectivity index (χ1v) is 9.66. The van der Waals surface area contributed by atoms with Crippen LogP contribution < -0.4 is 0 Å². The fourth-order valence-corrected chi connectivity index (χ4v) is 3.24. The zero-order valence-corrected chi connectivity index (χ0v) is 16.2. The number of alkyl halides is 2. The van der Waals surface area contributed by atoms with Crippen molar-refractivity contribution in [3.63, 3.8) is 0 Å². The lowest BCUT2D eigenvalue weighted by molar-refractivity contribution is -0.144. The van der Waals surface area contributed by atoms with Gasteiger partial charge in [0.25, 0.3) is 0 Å². The molecule has 0 spiro atoms. The molecule has 4 nitrogen and oxygen atoms in total. The molecule has 0 aromatic carbocycles. The molecule has 0 N–H and O–H groups in total.